The van der Waals surface area contributed by atoms with Gasteiger partial charge in [-0.15, -0.1) is 0 Å². The molecule has 0 saturated heterocycles. The Morgan fingerprint density at radius 2 is 1.27 bits per heavy atom. The fourth-order valence-electron chi connectivity index (χ4n) is 3.82. The molecule has 3 rings (SSSR count). The monoisotopic (exact) mass is 152 g/mol. The molecular formula is C10H16O. The van der Waals surface area contributed by atoms with Gasteiger partial charge >= 0.3 is 0 Å². The second-order valence-electron chi connectivity index (χ2n) is 4.66. The molecule has 3 aliphatic rings. The maximum absolute atomic E-state index is 9.21. The second kappa shape index (κ2) is 2.01. The summed E-state index contributed by atoms with van der Waals surface area (Å²) in [6.07, 6.45) is 5.79. The first-order valence-electron chi connectivity index (χ1n) is 5.02. The van der Waals surface area contributed by atoms with Crippen LogP contribution in [-0.2, 0) is 0 Å². The Hall–Kier alpha value is -0.0400. The number of hydrogen-bond acceptors (Lipinski definition) is 1. The summed E-state index contributed by atoms with van der Waals surface area (Å²) in [4.78, 5) is 0. The lowest BCUT2D eigenvalue weighted by atomic mass is 9.67. The molecule has 3 fully saturated rings. The average Bonchev–Trinajstić information content (AvgIpc) is 2.05. The molecule has 0 aliphatic heterocycles. The Balaban J connectivity index is 1.84. The minimum absolute atomic E-state index is 0.475. The van der Waals surface area contributed by atoms with E-state index in [4.69, 9.17) is 0 Å². The van der Waals surface area contributed by atoms with Gasteiger partial charge in [-0.05, 0) is 55.3 Å². The van der Waals surface area contributed by atoms with E-state index in [-0.39, 0.29) is 0 Å². The van der Waals surface area contributed by atoms with E-state index in [1.807, 2.05) is 0 Å². The maximum atomic E-state index is 9.21. The Labute approximate surface area is 67.8 Å². The highest BCUT2D eigenvalue weighted by atomic mass is 16.3. The summed E-state index contributed by atoms with van der Waals surface area (Å²) in [6, 6.07) is 0. The molecule has 3 aliphatic carbocycles. The SMILES string of the molecule is OCC1C2CCC2C2CCC12. The third-order valence-electron chi connectivity index (χ3n) is 4.63. The summed E-state index contributed by atoms with van der Waals surface area (Å²) in [5, 5.41) is 9.21. The van der Waals surface area contributed by atoms with E-state index >= 15 is 0 Å². The number of hydrogen-bond donors (Lipinski definition) is 1. The smallest absolute Gasteiger partial charge is 0.0464 e. The quantitative estimate of drug-likeness (QED) is 0.606. The number of rotatable bonds is 1. The molecule has 4 atom stereocenters. The molecule has 3 saturated carbocycles. The molecule has 0 heterocycles. The van der Waals surface area contributed by atoms with Crippen LogP contribution in [0.5, 0.6) is 0 Å². The van der Waals surface area contributed by atoms with Crippen molar-refractivity contribution in [3.05, 3.63) is 0 Å². The molecule has 0 bridgehead atoms. The highest BCUT2D eigenvalue weighted by Crippen LogP contribution is 2.63. The van der Waals surface area contributed by atoms with E-state index in [2.05, 4.69) is 0 Å². The fraction of sp³-hybridized carbons (Fsp3) is 1.00. The van der Waals surface area contributed by atoms with Gasteiger partial charge in [0.2, 0.25) is 0 Å². The molecule has 0 amide bonds. The number of aliphatic hydroxyl groups excluding tert-OH is 1. The van der Waals surface area contributed by atoms with Crippen LogP contribution in [0.3, 0.4) is 0 Å². The van der Waals surface area contributed by atoms with E-state index in [1.54, 1.807) is 0 Å². The van der Waals surface area contributed by atoms with Crippen LogP contribution in [-0.4, -0.2) is 11.7 Å². The van der Waals surface area contributed by atoms with Gasteiger partial charge in [-0.2, -0.15) is 0 Å². The van der Waals surface area contributed by atoms with Gasteiger partial charge in [0, 0.05) is 6.61 Å². The first-order valence-corrected chi connectivity index (χ1v) is 5.02. The van der Waals surface area contributed by atoms with Gasteiger partial charge in [-0.3, -0.25) is 0 Å². The standard InChI is InChI=1S/C10H16O/c11-5-10-8-3-1-6(8)7-2-4-9(7)10/h6-11H,1-5H2. The lowest BCUT2D eigenvalue weighted by molar-refractivity contribution is 0.106. The Morgan fingerprint density at radius 3 is 1.55 bits per heavy atom. The van der Waals surface area contributed by atoms with Gasteiger partial charge in [-0.25, -0.2) is 0 Å². The lowest BCUT2D eigenvalue weighted by Gasteiger charge is -2.38. The summed E-state index contributed by atoms with van der Waals surface area (Å²) in [6.45, 7) is 0.475. The maximum Gasteiger partial charge on any atom is 0.0464 e. The van der Waals surface area contributed by atoms with E-state index in [0.29, 0.717) is 12.5 Å². The summed E-state index contributed by atoms with van der Waals surface area (Å²) in [7, 11) is 0. The van der Waals surface area contributed by atoms with Crippen LogP contribution in [0.4, 0.5) is 0 Å². The van der Waals surface area contributed by atoms with Gasteiger partial charge in [0.1, 0.15) is 0 Å². The molecule has 0 spiro atoms. The van der Waals surface area contributed by atoms with Crippen molar-refractivity contribution < 1.29 is 5.11 Å². The number of aliphatic hydroxyl groups is 1. The highest BCUT2D eigenvalue weighted by molar-refractivity contribution is 5.06. The minimum atomic E-state index is 0.475. The van der Waals surface area contributed by atoms with Crippen molar-refractivity contribution in [2.45, 2.75) is 25.7 Å². The molecule has 11 heavy (non-hydrogen) atoms. The van der Waals surface area contributed by atoms with Crippen LogP contribution in [0.1, 0.15) is 25.7 Å². The van der Waals surface area contributed by atoms with Crippen LogP contribution in [0, 0.1) is 29.6 Å². The second-order valence-corrected chi connectivity index (χ2v) is 4.66. The third kappa shape index (κ3) is 0.618. The van der Waals surface area contributed by atoms with Crippen molar-refractivity contribution in [3.8, 4) is 0 Å². The Morgan fingerprint density at radius 1 is 0.818 bits per heavy atom. The molecule has 0 aromatic rings. The zero-order valence-electron chi connectivity index (χ0n) is 6.87. The predicted molar refractivity (Wildman–Crippen MR) is 43.0 cm³/mol. The van der Waals surface area contributed by atoms with Crippen LogP contribution >= 0.6 is 0 Å². The predicted octanol–water partition coefficient (Wildman–Crippen LogP) is 1.66. The molecule has 0 aromatic heterocycles. The van der Waals surface area contributed by atoms with Crippen molar-refractivity contribution in [1.29, 1.82) is 0 Å². The molecule has 0 radical (unpaired) electrons. The van der Waals surface area contributed by atoms with Gasteiger partial charge in [0.25, 0.3) is 0 Å². The van der Waals surface area contributed by atoms with Crippen molar-refractivity contribution in [1.82, 2.24) is 0 Å². The lowest BCUT2D eigenvalue weighted by Crippen LogP contribution is -2.29. The zero-order chi connectivity index (χ0) is 7.42. The van der Waals surface area contributed by atoms with E-state index in [9.17, 15) is 5.11 Å². The van der Waals surface area contributed by atoms with Crippen LogP contribution in [0.25, 0.3) is 0 Å². The molecule has 1 N–H and O–H groups in total. The summed E-state index contributed by atoms with van der Waals surface area (Å²) >= 11 is 0. The van der Waals surface area contributed by atoms with Crippen molar-refractivity contribution in [2.75, 3.05) is 6.61 Å². The molecular weight excluding hydrogens is 136 g/mol. The van der Waals surface area contributed by atoms with Crippen LogP contribution in [0.2, 0.25) is 0 Å². The molecule has 1 heteroatoms. The largest absolute Gasteiger partial charge is 0.396 e. The third-order valence-corrected chi connectivity index (χ3v) is 4.63. The van der Waals surface area contributed by atoms with Gasteiger partial charge in [-0.1, -0.05) is 0 Å². The number of fused-ring (bicyclic) bond motifs is 3. The average molecular weight is 152 g/mol. The van der Waals surface area contributed by atoms with E-state index in [1.165, 1.54) is 25.7 Å². The van der Waals surface area contributed by atoms with Crippen LogP contribution < -0.4 is 0 Å². The zero-order valence-corrected chi connectivity index (χ0v) is 6.87. The first kappa shape index (κ1) is 6.47. The summed E-state index contributed by atoms with van der Waals surface area (Å²) in [5.74, 6) is 4.69. The normalized spacial score (nSPS) is 59.2. The molecule has 1 nitrogen and oxygen atoms in total. The minimum Gasteiger partial charge on any atom is -0.396 e. The van der Waals surface area contributed by atoms with Crippen LogP contribution in [0.15, 0.2) is 0 Å². The Bertz CT molecular complexity index is 160. The first-order chi connectivity index (χ1) is 5.42. The summed E-state index contributed by atoms with van der Waals surface area (Å²) in [5.41, 5.74) is 0. The molecule has 0 aromatic carbocycles. The molecule has 4 unspecified atom stereocenters. The molecule has 62 valence electrons. The summed E-state index contributed by atoms with van der Waals surface area (Å²) < 4.78 is 0. The van der Waals surface area contributed by atoms with E-state index < -0.39 is 0 Å². The van der Waals surface area contributed by atoms with Gasteiger partial charge in [0.15, 0.2) is 0 Å². The Kier molecular flexibility index (Phi) is 1.18. The van der Waals surface area contributed by atoms with Gasteiger partial charge < -0.3 is 5.11 Å². The fourth-order valence-corrected chi connectivity index (χ4v) is 3.82. The van der Waals surface area contributed by atoms with E-state index in [0.717, 1.165) is 23.7 Å². The van der Waals surface area contributed by atoms with Gasteiger partial charge in [0.05, 0.1) is 0 Å². The van der Waals surface area contributed by atoms with Crippen molar-refractivity contribution in [3.63, 3.8) is 0 Å². The van der Waals surface area contributed by atoms with Crippen molar-refractivity contribution >= 4 is 0 Å². The highest BCUT2D eigenvalue weighted by Gasteiger charge is 2.57. The van der Waals surface area contributed by atoms with Crippen molar-refractivity contribution in [2.24, 2.45) is 29.6 Å². The topological polar surface area (TPSA) is 20.2 Å².